The van der Waals surface area contributed by atoms with Crippen molar-refractivity contribution in [3.8, 4) is 28.6 Å². The summed E-state index contributed by atoms with van der Waals surface area (Å²) in [7, 11) is 1.60. The zero-order valence-electron chi connectivity index (χ0n) is 14.7. The lowest BCUT2D eigenvalue weighted by molar-refractivity contribution is 0.416. The Labute approximate surface area is 169 Å². The SMILES string of the molecule is COc1ccccc1-c1nnc(SCc2nnc(-c3ccc(Cl)cc3)o2)n1N. The van der Waals surface area contributed by atoms with Gasteiger partial charge in [0, 0.05) is 10.6 Å². The van der Waals surface area contributed by atoms with Gasteiger partial charge < -0.3 is 15.0 Å². The molecule has 0 spiro atoms. The van der Waals surface area contributed by atoms with E-state index >= 15 is 0 Å². The van der Waals surface area contributed by atoms with Gasteiger partial charge >= 0.3 is 0 Å². The van der Waals surface area contributed by atoms with E-state index in [0.717, 1.165) is 11.1 Å². The lowest BCUT2D eigenvalue weighted by Crippen LogP contribution is -2.12. The first kappa shape index (κ1) is 18.3. The standard InChI is InChI=1S/C18H15ClN6O2S/c1-26-14-5-3-2-4-13(14)16-22-24-18(25(16)20)28-10-15-21-23-17(27-15)11-6-8-12(19)9-7-11/h2-9H,10,20H2,1H3. The van der Waals surface area contributed by atoms with Crippen LogP contribution in [0.25, 0.3) is 22.8 Å². The maximum absolute atomic E-state index is 6.17. The number of nitrogen functional groups attached to an aromatic ring is 1. The summed E-state index contributed by atoms with van der Waals surface area (Å²) in [6, 6.07) is 14.7. The third-order valence-electron chi connectivity index (χ3n) is 3.90. The molecule has 0 aliphatic rings. The number of nitrogens with zero attached hydrogens (tertiary/aromatic N) is 5. The molecular weight excluding hydrogens is 400 g/mol. The van der Waals surface area contributed by atoms with Crippen molar-refractivity contribution in [2.24, 2.45) is 0 Å². The summed E-state index contributed by atoms with van der Waals surface area (Å²) in [5, 5.41) is 17.6. The van der Waals surface area contributed by atoms with Crippen molar-refractivity contribution < 1.29 is 9.15 Å². The lowest BCUT2D eigenvalue weighted by atomic mass is 10.2. The highest BCUT2D eigenvalue weighted by Gasteiger charge is 2.17. The Bertz CT molecular complexity index is 1100. The molecule has 2 aromatic heterocycles. The molecule has 0 aliphatic carbocycles. The summed E-state index contributed by atoms with van der Waals surface area (Å²) in [6.45, 7) is 0. The van der Waals surface area contributed by atoms with Crippen molar-refractivity contribution in [3.05, 3.63) is 59.4 Å². The van der Waals surface area contributed by atoms with Gasteiger partial charge in [0.2, 0.25) is 16.9 Å². The summed E-state index contributed by atoms with van der Waals surface area (Å²) >= 11 is 7.24. The summed E-state index contributed by atoms with van der Waals surface area (Å²) in [4.78, 5) is 0. The van der Waals surface area contributed by atoms with Crippen LogP contribution >= 0.6 is 23.4 Å². The van der Waals surface area contributed by atoms with E-state index in [1.54, 1.807) is 19.2 Å². The number of nitrogens with two attached hydrogens (primary N) is 1. The van der Waals surface area contributed by atoms with Crippen LogP contribution in [0.4, 0.5) is 0 Å². The molecule has 0 bridgehead atoms. The monoisotopic (exact) mass is 414 g/mol. The molecule has 28 heavy (non-hydrogen) atoms. The number of methoxy groups -OCH3 is 1. The second-order valence-electron chi connectivity index (χ2n) is 5.67. The molecule has 0 saturated carbocycles. The summed E-state index contributed by atoms with van der Waals surface area (Å²) in [5.74, 6) is 8.63. The first-order valence-electron chi connectivity index (χ1n) is 8.20. The van der Waals surface area contributed by atoms with Gasteiger partial charge in [-0.15, -0.1) is 20.4 Å². The Balaban J connectivity index is 1.49. The molecule has 2 heterocycles. The van der Waals surface area contributed by atoms with Crippen molar-refractivity contribution >= 4 is 23.4 Å². The minimum atomic E-state index is 0.405. The van der Waals surface area contributed by atoms with Crippen molar-refractivity contribution in [3.63, 3.8) is 0 Å². The van der Waals surface area contributed by atoms with Gasteiger partial charge in [0.1, 0.15) is 5.75 Å². The van der Waals surface area contributed by atoms with Crippen LogP contribution in [-0.4, -0.2) is 32.2 Å². The molecule has 2 N–H and O–H groups in total. The average Bonchev–Trinajstić information content (AvgIpc) is 3.34. The van der Waals surface area contributed by atoms with Gasteiger partial charge in [0.15, 0.2) is 5.82 Å². The molecule has 4 aromatic rings. The quantitative estimate of drug-likeness (QED) is 0.376. The summed E-state index contributed by atoms with van der Waals surface area (Å²) < 4.78 is 12.5. The number of para-hydroxylation sites is 1. The predicted molar refractivity (Wildman–Crippen MR) is 106 cm³/mol. The topological polar surface area (TPSA) is 105 Å². The van der Waals surface area contributed by atoms with Gasteiger partial charge in [-0.05, 0) is 36.4 Å². The Morgan fingerprint density at radius 3 is 2.64 bits per heavy atom. The number of hydrogen-bond acceptors (Lipinski definition) is 8. The first-order valence-corrected chi connectivity index (χ1v) is 9.57. The van der Waals surface area contributed by atoms with Crippen LogP contribution in [0, 0.1) is 0 Å². The van der Waals surface area contributed by atoms with Crippen molar-refractivity contribution in [1.29, 1.82) is 0 Å². The normalized spacial score (nSPS) is 10.9. The van der Waals surface area contributed by atoms with Gasteiger partial charge in [-0.25, -0.2) is 4.68 Å². The molecule has 4 rings (SSSR count). The molecule has 10 heteroatoms. The number of aromatic nitrogens is 5. The molecule has 8 nitrogen and oxygen atoms in total. The Morgan fingerprint density at radius 2 is 1.86 bits per heavy atom. The van der Waals surface area contributed by atoms with E-state index in [0.29, 0.717) is 39.3 Å². The van der Waals surface area contributed by atoms with E-state index in [1.165, 1.54) is 16.4 Å². The van der Waals surface area contributed by atoms with E-state index in [-0.39, 0.29) is 0 Å². The second kappa shape index (κ2) is 7.91. The van der Waals surface area contributed by atoms with Crippen LogP contribution in [0.2, 0.25) is 5.02 Å². The van der Waals surface area contributed by atoms with Crippen LogP contribution in [0.3, 0.4) is 0 Å². The Hall–Kier alpha value is -3.04. The fraction of sp³-hybridized carbons (Fsp3) is 0.111. The van der Waals surface area contributed by atoms with Gasteiger partial charge in [-0.2, -0.15) is 0 Å². The lowest BCUT2D eigenvalue weighted by Gasteiger charge is -2.07. The highest BCUT2D eigenvalue weighted by atomic mass is 35.5. The predicted octanol–water partition coefficient (Wildman–Crippen LogP) is 3.66. The van der Waals surface area contributed by atoms with E-state index in [9.17, 15) is 0 Å². The number of rotatable bonds is 6. The van der Waals surface area contributed by atoms with Crippen molar-refractivity contribution in [1.82, 2.24) is 25.1 Å². The van der Waals surface area contributed by atoms with E-state index in [4.69, 9.17) is 26.6 Å². The molecule has 0 unspecified atom stereocenters. The average molecular weight is 415 g/mol. The number of hydrogen-bond donors (Lipinski definition) is 1. The minimum absolute atomic E-state index is 0.405. The fourth-order valence-electron chi connectivity index (χ4n) is 2.54. The molecule has 0 atom stereocenters. The first-order chi connectivity index (χ1) is 13.7. The molecule has 142 valence electrons. The molecule has 0 aliphatic heterocycles. The largest absolute Gasteiger partial charge is 0.496 e. The summed E-state index contributed by atoms with van der Waals surface area (Å²) in [6.07, 6.45) is 0. The number of halogens is 1. The molecule has 0 saturated heterocycles. The number of thioether (sulfide) groups is 1. The third kappa shape index (κ3) is 3.67. The van der Waals surface area contributed by atoms with E-state index in [2.05, 4.69) is 20.4 Å². The van der Waals surface area contributed by atoms with Crippen molar-refractivity contribution in [2.75, 3.05) is 13.0 Å². The third-order valence-corrected chi connectivity index (χ3v) is 5.07. The van der Waals surface area contributed by atoms with Crippen molar-refractivity contribution in [2.45, 2.75) is 10.9 Å². The fourth-order valence-corrected chi connectivity index (χ4v) is 3.36. The summed E-state index contributed by atoms with van der Waals surface area (Å²) in [5.41, 5.74) is 1.56. The molecule has 0 amide bonds. The maximum atomic E-state index is 6.17. The number of ether oxygens (including phenoxy) is 1. The van der Waals surface area contributed by atoms with E-state index < -0.39 is 0 Å². The van der Waals surface area contributed by atoms with Gasteiger partial charge in [-0.1, -0.05) is 35.5 Å². The van der Waals surface area contributed by atoms with Crippen LogP contribution in [0.15, 0.2) is 58.1 Å². The van der Waals surface area contributed by atoms with Crippen LogP contribution < -0.4 is 10.6 Å². The van der Waals surface area contributed by atoms with Gasteiger partial charge in [-0.3, -0.25) is 0 Å². The van der Waals surface area contributed by atoms with E-state index in [1.807, 2.05) is 36.4 Å². The zero-order valence-corrected chi connectivity index (χ0v) is 16.3. The minimum Gasteiger partial charge on any atom is -0.496 e. The smallest absolute Gasteiger partial charge is 0.247 e. The number of benzene rings is 2. The highest BCUT2D eigenvalue weighted by molar-refractivity contribution is 7.98. The molecular formula is C18H15ClN6O2S. The van der Waals surface area contributed by atoms with Gasteiger partial charge in [0.25, 0.3) is 0 Å². The van der Waals surface area contributed by atoms with Gasteiger partial charge in [0.05, 0.1) is 18.4 Å². The van der Waals surface area contributed by atoms with Crippen LogP contribution in [0.5, 0.6) is 5.75 Å². The zero-order chi connectivity index (χ0) is 19.5. The second-order valence-corrected chi connectivity index (χ2v) is 7.05. The molecule has 0 fully saturated rings. The molecule has 0 radical (unpaired) electrons. The highest BCUT2D eigenvalue weighted by Crippen LogP contribution is 2.30. The van der Waals surface area contributed by atoms with Crippen LogP contribution in [0.1, 0.15) is 5.89 Å². The molecule has 2 aromatic carbocycles. The Morgan fingerprint density at radius 1 is 1.07 bits per heavy atom. The van der Waals surface area contributed by atoms with Crippen LogP contribution in [-0.2, 0) is 5.75 Å². The Kier molecular flexibility index (Phi) is 5.18. The maximum Gasteiger partial charge on any atom is 0.247 e.